The van der Waals surface area contributed by atoms with Gasteiger partial charge in [-0.25, -0.2) is 4.98 Å². The Balaban J connectivity index is 2.37. The molecule has 1 aromatic heterocycles. The van der Waals surface area contributed by atoms with Gasteiger partial charge >= 0.3 is 0 Å². The van der Waals surface area contributed by atoms with Crippen molar-refractivity contribution in [3.05, 3.63) is 38.9 Å². The number of carbonyl (C=O) groups excluding carboxylic acids is 1. The molecule has 0 saturated carbocycles. The summed E-state index contributed by atoms with van der Waals surface area (Å²) in [6.07, 6.45) is 0. The zero-order valence-electron chi connectivity index (χ0n) is 11.6. The molecule has 0 aliphatic carbocycles. The van der Waals surface area contributed by atoms with Gasteiger partial charge in [0.2, 0.25) is 0 Å². The molecule has 0 fully saturated rings. The number of amides is 1. The van der Waals surface area contributed by atoms with Gasteiger partial charge in [-0.15, -0.1) is 11.3 Å². The van der Waals surface area contributed by atoms with Crippen molar-refractivity contribution < 1.29 is 9.90 Å². The van der Waals surface area contributed by atoms with E-state index in [1.807, 2.05) is 6.92 Å². The zero-order valence-corrected chi connectivity index (χ0v) is 13.9. The number of aryl methyl sites for hydroxylation is 1. The van der Waals surface area contributed by atoms with E-state index in [2.05, 4.69) is 4.98 Å². The Bertz CT molecular complexity index is 653. The zero-order chi connectivity index (χ0) is 15.6. The number of aliphatic hydroxyl groups excluding tert-OH is 1. The van der Waals surface area contributed by atoms with Gasteiger partial charge in [-0.05, 0) is 30.7 Å². The average molecular weight is 345 g/mol. The number of carbonyl (C=O) groups is 1. The van der Waals surface area contributed by atoms with Crippen LogP contribution in [0, 0.1) is 6.92 Å². The highest BCUT2D eigenvalue weighted by atomic mass is 35.5. The van der Waals surface area contributed by atoms with Crippen LogP contribution in [0.4, 0.5) is 0 Å². The van der Waals surface area contributed by atoms with E-state index in [0.29, 0.717) is 15.1 Å². The largest absolute Gasteiger partial charge is 0.395 e. The van der Waals surface area contributed by atoms with Gasteiger partial charge in [0, 0.05) is 23.6 Å². The molecule has 1 aromatic carbocycles. The fraction of sp³-hybridized carbons (Fsp3) is 0.286. The molecule has 1 N–H and O–H groups in total. The fourth-order valence-electron chi connectivity index (χ4n) is 1.86. The molecule has 1 heterocycles. The molecule has 0 atom stereocenters. The molecule has 4 nitrogen and oxygen atoms in total. The maximum Gasteiger partial charge on any atom is 0.282 e. The molecule has 0 radical (unpaired) electrons. The Kier molecular flexibility index (Phi) is 5.22. The molecule has 0 aliphatic rings. The average Bonchev–Trinajstić information content (AvgIpc) is 2.79. The summed E-state index contributed by atoms with van der Waals surface area (Å²) < 4.78 is 0. The molecular formula is C14H14Cl2N2O2S. The van der Waals surface area contributed by atoms with E-state index in [1.165, 1.54) is 16.2 Å². The van der Waals surface area contributed by atoms with E-state index >= 15 is 0 Å². The SMILES string of the molecule is Cc1nc(C(=O)N(C)CCO)sc1-c1cc(Cl)cc(Cl)c1. The number of aliphatic hydroxyl groups is 1. The quantitative estimate of drug-likeness (QED) is 0.923. The van der Waals surface area contributed by atoms with Crippen molar-refractivity contribution in [3.8, 4) is 10.4 Å². The van der Waals surface area contributed by atoms with Gasteiger partial charge in [0.05, 0.1) is 17.2 Å². The third-order valence-corrected chi connectivity index (χ3v) is 4.52. The second kappa shape index (κ2) is 6.75. The molecule has 0 unspecified atom stereocenters. The molecular weight excluding hydrogens is 331 g/mol. The highest BCUT2D eigenvalue weighted by molar-refractivity contribution is 7.17. The van der Waals surface area contributed by atoms with Crippen LogP contribution in [-0.2, 0) is 0 Å². The lowest BCUT2D eigenvalue weighted by Crippen LogP contribution is -2.29. The second-order valence-electron chi connectivity index (χ2n) is 4.54. The van der Waals surface area contributed by atoms with Crippen LogP contribution in [-0.4, -0.2) is 41.1 Å². The highest BCUT2D eigenvalue weighted by Gasteiger charge is 2.19. The fourth-order valence-corrected chi connectivity index (χ4v) is 3.43. The Morgan fingerprint density at radius 2 is 1.95 bits per heavy atom. The number of benzene rings is 1. The van der Waals surface area contributed by atoms with Gasteiger partial charge in [0.1, 0.15) is 0 Å². The van der Waals surface area contributed by atoms with Crippen molar-refractivity contribution in [2.24, 2.45) is 0 Å². The molecule has 2 aromatic rings. The summed E-state index contributed by atoms with van der Waals surface area (Å²) in [5, 5.41) is 10.4. The number of nitrogens with zero attached hydrogens (tertiary/aromatic N) is 2. The van der Waals surface area contributed by atoms with E-state index < -0.39 is 0 Å². The summed E-state index contributed by atoms with van der Waals surface area (Å²) in [7, 11) is 1.63. The highest BCUT2D eigenvalue weighted by Crippen LogP contribution is 2.34. The molecule has 0 aliphatic heterocycles. The summed E-state index contributed by atoms with van der Waals surface area (Å²) in [4.78, 5) is 18.8. The van der Waals surface area contributed by atoms with Gasteiger partial charge in [0.25, 0.3) is 5.91 Å². The molecule has 0 spiro atoms. The number of hydrogen-bond donors (Lipinski definition) is 1. The van der Waals surface area contributed by atoms with Crippen LogP contribution in [0.1, 0.15) is 15.5 Å². The van der Waals surface area contributed by atoms with E-state index in [0.717, 1.165) is 16.1 Å². The van der Waals surface area contributed by atoms with E-state index in [9.17, 15) is 4.79 Å². The predicted octanol–water partition coefficient (Wildman–Crippen LogP) is 3.49. The van der Waals surface area contributed by atoms with Gasteiger partial charge < -0.3 is 10.0 Å². The van der Waals surface area contributed by atoms with Crippen molar-refractivity contribution in [2.45, 2.75) is 6.92 Å². The number of aromatic nitrogens is 1. The Morgan fingerprint density at radius 3 is 2.52 bits per heavy atom. The first-order valence-electron chi connectivity index (χ1n) is 6.22. The minimum Gasteiger partial charge on any atom is -0.395 e. The van der Waals surface area contributed by atoms with Crippen LogP contribution in [0.25, 0.3) is 10.4 Å². The van der Waals surface area contributed by atoms with Gasteiger partial charge in [-0.3, -0.25) is 4.79 Å². The lowest BCUT2D eigenvalue weighted by molar-refractivity contribution is 0.0766. The molecule has 112 valence electrons. The molecule has 1 amide bonds. The predicted molar refractivity (Wildman–Crippen MR) is 86.4 cm³/mol. The second-order valence-corrected chi connectivity index (χ2v) is 6.41. The van der Waals surface area contributed by atoms with Crippen LogP contribution >= 0.6 is 34.5 Å². The van der Waals surface area contributed by atoms with Crippen LogP contribution in [0.15, 0.2) is 18.2 Å². The molecule has 7 heteroatoms. The van der Waals surface area contributed by atoms with Crippen LogP contribution in [0.2, 0.25) is 10.0 Å². The summed E-state index contributed by atoms with van der Waals surface area (Å²) in [6, 6.07) is 5.24. The first-order valence-corrected chi connectivity index (χ1v) is 7.80. The number of hydrogen-bond acceptors (Lipinski definition) is 4. The first-order chi connectivity index (χ1) is 9.92. The standard InChI is InChI=1S/C14H14Cl2N2O2S/c1-8-12(9-5-10(15)7-11(16)6-9)21-13(17-8)14(20)18(2)3-4-19/h5-7,19H,3-4H2,1-2H3. The van der Waals surface area contributed by atoms with Gasteiger partial charge in [-0.1, -0.05) is 23.2 Å². The third-order valence-electron chi connectivity index (χ3n) is 2.89. The normalized spacial score (nSPS) is 10.7. The number of halogens is 2. The van der Waals surface area contributed by atoms with Crippen LogP contribution in [0.3, 0.4) is 0 Å². The molecule has 0 bridgehead atoms. The minimum atomic E-state index is -0.212. The number of thiazole rings is 1. The topological polar surface area (TPSA) is 53.4 Å². The number of rotatable bonds is 4. The van der Waals surface area contributed by atoms with Gasteiger partial charge in [-0.2, -0.15) is 0 Å². The summed E-state index contributed by atoms with van der Waals surface area (Å²) in [5.74, 6) is -0.212. The Hall–Kier alpha value is -1.14. The van der Waals surface area contributed by atoms with Crippen molar-refractivity contribution in [1.82, 2.24) is 9.88 Å². The summed E-state index contributed by atoms with van der Waals surface area (Å²) in [6.45, 7) is 2.03. The minimum absolute atomic E-state index is 0.0800. The summed E-state index contributed by atoms with van der Waals surface area (Å²) >= 11 is 13.3. The van der Waals surface area contributed by atoms with E-state index in [1.54, 1.807) is 25.2 Å². The lowest BCUT2D eigenvalue weighted by atomic mass is 10.2. The van der Waals surface area contributed by atoms with E-state index in [-0.39, 0.29) is 19.1 Å². The third kappa shape index (κ3) is 3.74. The number of likely N-dealkylation sites (N-methyl/N-ethyl adjacent to an activating group) is 1. The molecule has 0 saturated heterocycles. The van der Waals surface area contributed by atoms with Crippen molar-refractivity contribution >= 4 is 40.4 Å². The van der Waals surface area contributed by atoms with Crippen LogP contribution in [0.5, 0.6) is 0 Å². The van der Waals surface area contributed by atoms with E-state index in [4.69, 9.17) is 28.3 Å². The van der Waals surface area contributed by atoms with Crippen molar-refractivity contribution in [1.29, 1.82) is 0 Å². The lowest BCUT2D eigenvalue weighted by Gasteiger charge is -2.13. The first kappa shape index (κ1) is 16.2. The smallest absolute Gasteiger partial charge is 0.282 e. The van der Waals surface area contributed by atoms with Gasteiger partial charge in [0.15, 0.2) is 5.01 Å². The van der Waals surface area contributed by atoms with Crippen molar-refractivity contribution in [2.75, 3.05) is 20.2 Å². The Labute approximate surface area is 136 Å². The molecule has 2 rings (SSSR count). The van der Waals surface area contributed by atoms with Crippen molar-refractivity contribution in [3.63, 3.8) is 0 Å². The maximum atomic E-state index is 12.2. The molecule has 21 heavy (non-hydrogen) atoms. The van der Waals surface area contributed by atoms with Crippen LogP contribution < -0.4 is 0 Å². The maximum absolute atomic E-state index is 12.2. The Morgan fingerprint density at radius 1 is 1.33 bits per heavy atom. The monoisotopic (exact) mass is 344 g/mol. The summed E-state index contributed by atoms with van der Waals surface area (Å²) in [5.41, 5.74) is 1.59.